The van der Waals surface area contributed by atoms with Gasteiger partial charge < -0.3 is 19.4 Å². The first-order valence-corrected chi connectivity index (χ1v) is 11.7. The van der Waals surface area contributed by atoms with Crippen LogP contribution in [-0.2, 0) is 16.6 Å². The van der Waals surface area contributed by atoms with E-state index in [1.807, 2.05) is 57.5 Å². The van der Waals surface area contributed by atoms with Crippen molar-refractivity contribution in [1.29, 1.82) is 0 Å². The molecule has 1 unspecified atom stereocenters. The molecule has 0 bridgehead atoms. The van der Waals surface area contributed by atoms with E-state index in [2.05, 4.69) is 15.5 Å². The fourth-order valence-corrected chi connectivity index (χ4v) is 4.70. The second kappa shape index (κ2) is 10.2. The van der Waals surface area contributed by atoms with Gasteiger partial charge in [0.05, 0.1) is 18.4 Å². The summed E-state index contributed by atoms with van der Waals surface area (Å²) in [5.74, 6) is 0.868. The van der Waals surface area contributed by atoms with Gasteiger partial charge in [0.2, 0.25) is 5.91 Å². The van der Waals surface area contributed by atoms with E-state index in [0.717, 1.165) is 21.8 Å². The highest BCUT2D eigenvalue weighted by molar-refractivity contribution is 7.99. The summed E-state index contributed by atoms with van der Waals surface area (Å²) in [6, 6.07) is 7.64. The monoisotopic (exact) mass is 474 g/mol. The summed E-state index contributed by atoms with van der Waals surface area (Å²) in [6.07, 6.45) is -0.312. The van der Waals surface area contributed by atoms with E-state index in [4.69, 9.17) is 9.47 Å². The highest BCUT2D eigenvalue weighted by Gasteiger charge is 2.20. The first-order chi connectivity index (χ1) is 15.2. The van der Waals surface area contributed by atoms with Crippen molar-refractivity contribution in [3.05, 3.63) is 51.7 Å². The van der Waals surface area contributed by atoms with Crippen molar-refractivity contribution in [2.75, 3.05) is 18.2 Å². The maximum absolute atomic E-state index is 12.5. The number of carbonyl (C=O) groups is 2. The average Bonchev–Trinajstić information content (AvgIpc) is 3.31. The van der Waals surface area contributed by atoms with Crippen LogP contribution >= 0.6 is 23.1 Å². The van der Waals surface area contributed by atoms with Crippen LogP contribution in [0, 0.1) is 20.8 Å². The molecule has 0 fully saturated rings. The number of rotatable bonds is 8. The number of ether oxygens (including phenoxy) is 2. The zero-order valence-electron chi connectivity index (χ0n) is 18.9. The van der Waals surface area contributed by atoms with Crippen LogP contribution in [0.3, 0.4) is 0 Å². The van der Waals surface area contributed by atoms with Crippen LogP contribution in [0.15, 0.2) is 29.4 Å². The minimum Gasteiger partial charge on any atom is -0.482 e. The quantitative estimate of drug-likeness (QED) is 0.380. The first-order valence-electron chi connectivity index (χ1n) is 9.94. The molecule has 2 aromatic heterocycles. The fourth-order valence-electron chi connectivity index (χ4n) is 3.06. The van der Waals surface area contributed by atoms with Gasteiger partial charge in [-0.25, -0.2) is 4.79 Å². The summed E-state index contributed by atoms with van der Waals surface area (Å²) >= 11 is 2.59. The van der Waals surface area contributed by atoms with Crippen LogP contribution in [-0.4, -0.2) is 39.5 Å². The number of benzene rings is 1. The number of nitrogens with zero attached hydrogens (tertiary/aromatic N) is 3. The highest BCUT2D eigenvalue weighted by atomic mass is 32.2. The number of carbonyl (C=O) groups excluding carboxylic acids is 2. The van der Waals surface area contributed by atoms with Gasteiger partial charge in [-0.2, -0.15) is 0 Å². The van der Waals surface area contributed by atoms with E-state index in [9.17, 15) is 9.59 Å². The number of methoxy groups -OCH3 is 1. The molecule has 0 aliphatic carbocycles. The predicted molar refractivity (Wildman–Crippen MR) is 126 cm³/mol. The molecular formula is C22H26N4O4S2. The minimum atomic E-state index is -0.479. The third kappa shape index (κ3) is 5.31. The van der Waals surface area contributed by atoms with Crippen LogP contribution in [0.1, 0.15) is 45.2 Å². The van der Waals surface area contributed by atoms with Gasteiger partial charge in [0, 0.05) is 11.9 Å². The summed E-state index contributed by atoms with van der Waals surface area (Å²) in [7, 11) is 3.16. The second-order valence-corrected chi connectivity index (χ2v) is 9.49. The van der Waals surface area contributed by atoms with Crippen LogP contribution in [0.4, 0.5) is 5.00 Å². The molecule has 1 aromatic carbocycles. The first kappa shape index (κ1) is 23.8. The average molecular weight is 475 g/mol. The molecule has 170 valence electrons. The van der Waals surface area contributed by atoms with Gasteiger partial charge in [-0.3, -0.25) is 4.79 Å². The topological polar surface area (TPSA) is 95.3 Å². The lowest BCUT2D eigenvalue weighted by Crippen LogP contribution is -2.16. The molecule has 0 saturated heterocycles. The molecule has 32 heavy (non-hydrogen) atoms. The van der Waals surface area contributed by atoms with Crippen LogP contribution < -0.4 is 10.1 Å². The van der Waals surface area contributed by atoms with E-state index in [1.54, 1.807) is 6.07 Å². The van der Waals surface area contributed by atoms with Gasteiger partial charge >= 0.3 is 5.97 Å². The Morgan fingerprint density at radius 2 is 2.00 bits per heavy atom. The number of anilines is 1. The summed E-state index contributed by atoms with van der Waals surface area (Å²) in [5, 5.41) is 12.3. The van der Waals surface area contributed by atoms with Crippen molar-refractivity contribution in [3.8, 4) is 5.75 Å². The molecule has 3 aromatic rings. The van der Waals surface area contributed by atoms with Gasteiger partial charge in [0.15, 0.2) is 17.1 Å². The summed E-state index contributed by atoms with van der Waals surface area (Å²) in [5.41, 5.74) is 2.60. The Bertz CT molecular complexity index is 1140. The number of amides is 1. The number of nitrogens with one attached hydrogen (secondary N) is 1. The van der Waals surface area contributed by atoms with Crippen LogP contribution in [0.5, 0.6) is 5.75 Å². The van der Waals surface area contributed by atoms with Gasteiger partial charge in [0.25, 0.3) is 0 Å². The standard InChI is InChI=1S/C22H26N4O4S2/c1-12-8-7-9-17(14(12)3)30-15(4)19-24-25-22(26(19)5)31-11-18(27)23-20-16(21(28)29-6)10-13(2)32-20/h7-10,15H,11H2,1-6H3,(H,23,27). The number of thiophene rings is 1. The largest absolute Gasteiger partial charge is 0.482 e. The molecule has 0 aliphatic rings. The Hall–Kier alpha value is -2.85. The number of aromatic nitrogens is 3. The Morgan fingerprint density at radius 1 is 1.25 bits per heavy atom. The number of esters is 1. The lowest BCUT2D eigenvalue weighted by Gasteiger charge is -2.16. The molecule has 3 rings (SSSR count). The van der Waals surface area contributed by atoms with Crippen molar-refractivity contribution in [2.24, 2.45) is 7.05 Å². The lowest BCUT2D eigenvalue weighted by molar-refractivity contribution is -0.113. The molecule has 2 heterocycles. The zero-order valence-corrected chi connectivity index (χ0v) is 20.5. The Balaban J connectivity index is 1.63. The number of thioether (sulfide) groups is 1. The molecule has 1 amide bonds. The van der Waals surface area contributed by atoms with Crippen molar-refractivity contribution >= 4 is 40.0 Å². The van der Waals surface area contributed by atoms with E-state index in [1.165, 1.54) is 30.2 Å². The number of hydrogen-bond acceptors (Lipinski definition) is 8. The zero-order chi connectivity index (χ0) is 23.4. The maximum Gasteiger partial charge on any atom is 0.340 e. The third-order valence-corrected chi connectivity index (χ3v) is 6.92. The maximum atomic E-state index is 12.5. The molecule has 0 saturated carbocycles. The molecule has 10 heteroatoms. The van der Waals surface area contributed by atoms with Gasteiger partial charge in [-0.05, 0) is 51.0 Å². The van der Waals surface area contributed by atoms with Gasteiger partial charge in [-0.15, -0.1) is 21.5 Å². The van der Waals surface area contributed by atoms with E-state index >= 15 is 0 Å². The summed E-state index contributed by atoms with van der Waals surface area (Å²) in [6.45, 7) is 7.85. The number of hydrogen-bond donors (Lipinski definition) is 1. The van der Waals surface area contributed by atoms with Gasteiger partial charge in [-0.1, -0.05) is 23.9 Å². The molecule has 0 spiro atoms. The summed E-state index contributed by atoms with van der Waals surface area (Å²) < 4.78 is 12.7. The van der Waals surface area contributed by atoms with E-state index < -0.39 is 5.97 Å². The molecule has 0 aliphatic heterocycles. The van der Waals surface area contributed by atoms with E-state index in [-0.39, 0.29) is 17.8 Å². The minimum absolute atomic E-state index is 0.121. The second-order valence-electron chi connectivity index (χ2n) is 7.29. The number of aryl methyl sites for hydroxylation is 2. The van der Waals surface area contributed by atoms with Crippen molar-refractivity contribution in [1.82, 2.24) is 14.8 Å². The van der Waals surface area contributed by atoms with E-state index in [0.29, 0.717) is 21.5 Å². The van der Waals surface area contributed by atoms with Crippen LogP contribution in [0.25, 0.3) is 0 Å². The Morgan fingerprint density at radius 3 is 2.72 bits per heavy atom. The molecular weight excluding hydrogens is 448 g/mol. The van der Waals surface area contributed by atoms with Crippen molar-refractivity contribution < 1.29 is 19.1 Å². The molecule has 0 radical (unpaired) electrons. The summed E-state index contributed by atoms with van der Waals surface area (Å²) in [4.78, 5) is 25.3. The van der Waals surface area contributed by atoms with Crippen molar-refractivity contribution in [3.63, 3.8) is 0 Å². The third-order valence-electron chi connectivity index (χ3n) is 4.94. The van der Waals surface area contributed by atoms with Crippen LogP contribution in [0.2, 0.25) is 0 Å². The Kier molecular flexibility index (Phi) is 7.57. The molecule has 8 nitrogen and oxygen atoms in total. The lowest BCUT2D eigenvalue weighted by atomic mass is 10.1. The predicted octanol–water partition coefficient (Wildman–Crippen LogP) is 4.46. The Labute approximate surface area is 195 Å². The fraction of sp³-hybridized carbons (Fsp3) is 0.364. The molecule has 1 N–H and O–H groups in total. The normalized spacial score (nSPS) is 11.8. The molecule has 1 atom stereocenters. The highest BCUT2D eigenvalue weighted by Crippen LogP contribution is 2.29. The van der Waals surface area contributed by atoms with Gasteiger partial charge in [0.1, 0.15) is 10.8 Å². The SMILES string of the molecule is COC(=O)c1cc(C)sc1NC(=O)CSc1nnc(C(C)Oc2cccc(C)c2C)n1C. The smallest absolute Gasteiger partial charge is 0.340 e. The van der Waals surface area contributed by atoms with Crippen molar-refractivity contribution in [2.45, 2.75) is 39.0 Å².